The van der Waals surface area contributed by atoms with Crippen LogP contribution in [0.2, 0.25) is 0 Å². The second-order valence-corrected chi connectivity index (χ2v) is 9.62. The lowest BCUT2D eigenvalue weighted by Crippen LogP contribution is -2.25. The van der Waals surface area contributed by atoms with Gasteiger partial charge in [-0.05, 0) is 86.5 Å². The van der Waals surface area contributed by atoms with Crippen molar-refractivity contribution in [3.05, 3.63) is 132 Å². The number of rotatable bonds is 5. The van der Waals surface area contributed by atoms with Gasteiger partial charge in [0, 0.05) is 34.6 Å². The molecule has 37 heavy (non-hydrogen) atoms. The predicted molar refractivity (Wildman–Crippen MR) is 155 cm³/mol. The monoisotopic (exact) mass is 482 g/mol. The van der Waals surface area contributed by atoms with Gasteiger partial charge in [0.2, 0.25) is 0 Å². The number of anilines is 7. The van der Waals surface area contributed by atoms with Gasteiger partial charge in [-0.25, -0.2) is 4.98 Å². The van der Waals surface area contributed by atoms with Gasteiger partial charge in [-0.2, -0.15) is 0 Å². The second-order valence-electron chi connectivity index (χ2n) is 9.62. The first-order chi connectivity index (χ1) is 18.1. The van der Waals surface area contributed by atoms with Gasteiger partial charge in [0.1, 0.15) is 6.67 Å². The molecule has 0 spiro atoms. The van der Waals surface area contributed by atoms with Crippen molar-refractivity contribution in [2.45, 2.75) is 20.8 Å². The summed E-state index contributed by atoms with van der Waals surface area (Å²) in [5.41, 5.74) is 10.7. The van der Waals surface area contributed by atoms with Gasteiger partial charge >= 0.3 is 0 Å². The Morgan fingerprint density at radius 1 is 0.622 bits per heavy atom. The summed E-state index contributed by atoms with van der Waals surface area (Å²) in [6, 6.07) is 38.5. The number of fused-ring (bicyclic) bond motifs is 1. The third-order valence-corrected chi connectivity index (χ3v) is 6.93. The first-order valence-electron chi connectivity index (χ1n) is 12.7. The molecule has 0 bridgehead atoms. The van der Waals surface area contributed by atoms with Crippen molar-refractivity contribution in [3.63, 3.8) is 0 Å². The van der Waals surface area contributed by atoms with E-state index < -0.39 is 0 Å². The highest BCUT2D eigenvalue weighted by molar-refractivity contribution is 5.87. The third kappa shape index (κ3) is 4.21. The van der Waals surface area contributed by atoms with Crippen LogP contribution in [0.1, 0.15) is 16.7 Å². The molecule has 0 saturated carbocycles. The average molecular weight is 483 g/mol. The Bertz CT molecular complexity index is 1480. The van der Waals surface area contributed by atoms with Gasteiger partial charge in [-0.3, -0.25) is 0 Å². The molecule has 1 aliphatic heterocycles. The van der Waals surface area contributed by atoms with Crippen LogP contribution in [0.3, 0.4) is 0 Å². The molecule has 1 aromatic heterocycles. The molecule has 0 radical (unpaired) electrons. The summed E-state index contributed by atoms with van der Waals surface area (Å²) in [6.07, 6.45) is 1.88. The van der Waals surface area contributed by atoms with Gasteiger partial charge in [0.25, 0.3) is 0 Å². The second kappa shape index (κ2) is 9.47. The van der Waals surface area contributed by atoms with Crippen LogP contribution in [-0.2, 0) is 0 Å². The molecular formula is C33H30N4. The molecule has 182 valence electrons. The molecule has 4 heteroatoms. The number of aryl methyl sites for hydroxylation is 3. The Morgan fingerprint density at radius 3 is 1.89 bits per heavy atom. The molecule has 0 unspecified atom stereocenters. The van der Waals surface area contributed by atoms with Crippen LogP contribution in [-0.4, -0.2) is 11.7 Å². The first kappa shape index (κ1) is 22.9. The molecule has 4 nitrogen and oxygen atoms in total. The molecule has 0 saturated heterocycles. The summed E-state index contributed by atoms with van der Waals surface area (Å²) in [6.45, 7) is 7.27. The quantitative estimate of drug-likeness (QED) is 0.250. The van der Waals surface area contributed by atoms with Crippen molar-refractivity contribution in [2.75, 3.05) is 21.4 Å². The zero-order valence-electron chi connectivity index (χ0n) is 21.5. The van der Waals surface area contributed by atoms with Crippen LogP contribution in [0.5, 0.6) is 0 Å². The van der Waals surface area contributed by atoms with E-state index in [4.69, 9.17) is 4.98 Å². The lowest BCUT2D eigenvalue weighted by atomic mass is 10.0. The van der Waals surface area contributed by atoms with Crippen molar-refractivity contribution in [2.24, 2.45) is 0 Å². The van der Waals surface area contributed by atoms with E-state index in [1.165, 1.54) is 22.4 Å². The molecule has 0 N–H and O–H groups in total. The Kier molecular flexibility index (Phi) is 5.85. The van der Waals surface area contributed by atoms with Crippen LogP contribution < -0.4 is 14.7 Å². The van der Waals surface area contributed by atoms with Crippen LogP contribution in [0.25, 0.3) is 0 Å². The first-order valence-corrected chi connectivity index (χ1v) is 12.7. The Hall–Kier alpha value is -4.57. The molecule has 1 aliphatic rings. The standard InChI is InChI=1S/C33H30N4/c1-24-20-25(2)32(26(3)21-24)36-23-35(33-31(36)18-11-19-34-33)29-16-10-17-30(22-29)37(27-12-6-4-7-13-27)28-14-8-5-9-15-28/h4-22H,23H2,1-3H3. The number of pyridine rings is 1. The number of hydrogen-bond donors (Lipinski definition) is 0. The summed E-state index contributed by atoms with van der Waals surface area (Å²) in [5, 5.41) is 0. The zero-order valence-corrected chi connectivity index (χ0v) is 21.5. The number of hydrogen-bond acceptors (Lipinski definition) is 4. The molecule has 2 heterocycles. The number of nitrogens with zero attached hydrogens (tertiary/aromatic N) is 4. The summed E-state index contributed by atoms with van der Waals surface area (Å²) in [4.78, 5) is 11.8. The third-order valence-electron chi connectivity index (χ3n) is 6.93. The predicted octanol–water partition coefficient (Wildman–Crippen LogP) is 8.72. The normalized spacial score (nSPS) is 12.5. The number of aromatic nitrogens is 1. The molecule has 0 amide bonds. The summed E-state index contributed by atoms with van der Waals surface area (Å²) in [5.74, 6) is 0.977. The fraction of sp³-hybridized carbons (Fsp3) is 0.121. The van der Waals surface area contributed by atoms with Gasteiger partial charge in [0.05, 0.1) is 5.69 Å². The van der Waals surface area contributed by atoms with E-state index in [-0.39, 0.29) is 0 Å². The highest BCUT2D eigenvalue weighted by Gasteiger charge is 2.31. The fourth-order valence-electron chi connectivity index (χ4n) is 5.49. The largest absolute Gasteiger partial charge is 0.319 e. The maximum absolute atomic E-state index is 4.83. The van der Waals surface area contributed by atoms with Crippen molar-refractivity contribution in [1.29, 1.82) is 0 Å². The molecule has 0 atom stereocenters. The molecule has 4 aromatic carbocycles. The molecular weight excluding hydrogens is 452 g/mol. The van der Waals surface area contributed by atoms with E-state index in [1.54, 1.807) is 0 Å². The molecule has 0 aliphatic carbocycles. The lowest BCUT2D eigenvalue weighted by Gasteiger charge is -2.28. The molecule has 5 aromatic rings. The Morgan fingerprint density at radius 2 is 1.24 bits per heavy atom. The molecule has 0 fully saturated rings. The smallest absolute Gasteiger partial charge is 0.158 e. The highest BCUT2D eigenvalue weighted by Crippen LogP contribution is 2.46. The van der Waals surface area contributed by atoms with E-state index >= 15 is 0 Å². The topological polar surface area (TPSA) is 22.6 Å². The SMILES string of the molecule is Cc1cc(C)c(N2CN(c3cccc(N(c4ccccc4)c4ccccc4)c3)c3ncccc32)c(C)c1. The highest BCUT2D eigenvalue weighted by atomic mass is 15.4. The maximum atomic E-state index is 4.83. The number of benzene rings is 4. The Balaban J connectivity index is 1.44. The minimum Gasteiger partial charge on any atom is -0.319 e. The van der Waals surface area contributed by atoms with Crippen molar-refractivity contribution >= 4 is 39.9 Å². The van der Waals surface area contributed by atoms with Gasteiger partial charge < -0.3 is 14.7 Å². The minimum absolute atomic E-state index is 0.706. The van der Waals surface area contributed by atoms with E-state index in [0.29, 0.717) is 6.67 Å². The number of para-hydroxylation sites is 2. The summed E-state index contributed by atoms with van der Waals surface area (Å²) >= 11 is 0. The van der Waals surface area contributed by atoms with Gasteiger partial charge in [0.15, 0.2) is 5.82 Å². The van der Waals surface area contributed by atoms with Crippen molar-refractivity contribution in [1.82, 2.24) is 4.98 Å². The summed E-state index contributed by atoms with van der Waals surface area (Å²) in [7, 11) is 0. The van der Waals surface area contributed by atoms with Crippen LogP contribution in [0, 0.1) is 20.8 Å². The van der Waals surface area contributed by atoms with Crippen molar-refractivity contribution in [3.8, 4) is 0 Å². The van der Waals surface area contributed by atoms with Crippen LogP contribution in [0.15, 0.2) is 115 Å². The van der Waals surface area contributed by atoms with E-state index in [1.807, 2.05) is 12.3 Å². The zero-order chi connectivity index (χ0) is 25.4. The molecule has 6 rings (SSSR count). The fourth-order valence-corrected chi connectivity index (χ4v) is 5.49. The Labute approximate surface area is 219 Å². The average Bonchev–Trinajstić information content (AvgIpc) is 3.29. The van der Waals surface area contributed by atoms with E-state index in [9.17, 15) is 0 Å². The van der Waals surface area contributed by atoms with Crippen LogP contribution >= 0.6 is 0 Å². The van der Waals surface area contributed by atoms with E-state index in [2.05, 4.69) is 139 Å². The lowest BCUT2D eigenvalue weighted by molar-refractivity contribution is 0.970. The van der Waals surface area contributed by atoms with Gasteiger partial charge in [-0.1, -0.05) is 60.2 Å². The van der Waals surface area contributed by atoms with Crippen molar-refractivity contribution < 1.29 is 0 Å². The maximum Gasteiger partial charge on any atom is 0.158 e. The minimum atomic E-state index is 0.706. The summed E-state index contributed by atoms with van der Waals surface area (Å²) < 4.78 is 0. The van der Waals surface area contributed by atoms with Gasteiger partial charge in [-0.15, -0.1) is 0 Å². The van der Waals surface area contributed by atoms with E-state index in [0.717, 1.165) is 34.3 Å². The van der Waals surface area contributed by atoms with Crippen LogP contribution in [0.4, 0.5) is 39.9 Å².